The molecule has 0 heterocycles. The molecule has 3 aromatic carbocycles. The Morgan fingerprint density at radius 3 is 1.94 bits per heavy atom. The molecule has 3 aromatic rings. The summed E-state index contributed by atoms with van der Waals surface area (Å²) in [6.07, 6.45) is 0. The van der Waals surface area contributed by atoms with Crippen molar-refractivity contribution in [1.82, 2.24) is 5.32 Å². The molecule has 0 aliphatic rings. The van der Waals surface area contributed by atoms with E-state index >= 15 is 0 Å². The molecule has 8 heteroatoms. The maximum absolute atomic E-state index is 12.5. The minimum Gasteiger partial charge on any atom is -0.497 e. The Morgan fingerprint density at radius 2 is 1.32 bits per heavy atom. The van der Waals surface area contributed by atoms with Crippen LogP contribution in [-0.4, -0.2) is 32.0 Å². The number of nitrogens with one attached hydrogen (secondary N) is 4. The largest absolute Gasteiger partial charge is 0.497 e. The minimum atomic E-state index is -0.497. The SMILES string of the molecule is COc1cc(OC)cc(C(=O)NC(=N)Nc2cccc(NC(=O)c3ccccc3)c2)c1. The molecular formula is C23H22N4O4. The maximum Gasteiger partial charge on any atom is 0.258 e. The van der Waals surface area contributed by atoms with E-state index in [0.717, 1.165) is 0 Å². The van der Waals surface area contributed by atoms with E-state index in [1.54, 1.807) is 66.7 Å². The molecule has 0 unspecified atom stereocenters. The Hall–Kier alpha value is -4.33. The van der Waals surface area contributed by atoms with Gasteiger partial charge in [-0.05, 0) is 42.5 Å². The van der Waals surface area contributed by atoms with Gasteiger partial charge in [0.05, 0.1) is 14.2 Å². The van der Waals surface area contributed by atoms with E-state index in [1.165, 1.54) is 14.2 Å². The number of rotatable bonds is 6. The van der Waals surface area contributed by atoms with Gasteiger partial charge in [0.25, 0.3) is 11.8 Å². The summed E-state index contributed by atoms with van der Waals surface area (Å²) in [6, 6.07) is 20.4. The first kappa shape index (κ1) is 21.4. The summed E-state index contributed by atoms with van der Waals surface area (Å²) >= 11 is 0. The predicted octanol–water partition coefficient (Wildman–Crippen LogP) is 3.73. The molecule has 0 saturated carbocycles. The van der Waals surface area contributed by atoms with E-state index in [1.807, 2.05) is 6.07 Å². The molecule has 0 aromatic heterocycles. The van der Waals surface area contributed by atoms with Crippen LogP contribution < -0.4 is 25.4 Å². The lowest BCUT2D eigenvalue weighted by Gasteiger charge is -2.12. The Balaban J connectivity index is 1.64. The van der Waals surface area contributed by atoms with Crippen molar-refractivity contribution in [2.75, 3.05) is 24.9 Å². The summed E-state index contributed by atoms with van der Waals surface area (Å²) in [5, 5.41) is 16.1. The molecule has 158 valence electrons. The summed E-state index contributed by atoms with van der Waals surface area (Å²) in [7, 11) is 2.98. The van der Waals surface area contributed by atoms with E-state index in [2.05, 4.69) is 16.0 Å². The second-order valence-electron chi connectivity index (χ2n) is 6.46. The van der Waals surface area contributed by atoms with Gasteiger partial charge in [-0.15, -0.1) is 0 Å². The zero-order chi connectivity index (χ0) is 22.2. The highest BCUT2D eigenvalue weighted by Gasteiger charge is 2.12. The van der Waals surface area contributed by atoms with Crippen molar-refractivity contribution >= 4 is 29.1 Å². The van der Waals surface area contributed by atoms with Gasteiger partial charge in [0.2, 0.25) is 0 Å². The van der Waals surface area contributed by atoms with Gasteiger partial charge in [0, 0.05) is 28.6 Å². The van der Waals surface area contributed by atoms with Crippen molar-refractivity contribution in [3.63, 3.8) is 0 Å². The highest BCUT2D eigenvalue weighted by Crippen LogP contribution is 2.22. The van der Waals surface area contributed by atoms with E-state index in [-0.39, 0.29) is 17.4 Å². The lowest BCUT2D eigenvalue weighted by Crippen LogP contribution is -2.35. The third-order valence-corrected chi connectivity index (χ3v) is 4.28. The average molecular weight is 418 g/mol. The highest BCUT2D eigenvalue weighted by atomic mass is 16.5. The Bertz CT molecular complexity index is 1080. The van der Waals surface area contributed by atoms with Crippen molar-refractivity contribution in [1.29, 1.82) is 5.41 Å². The molecule has 0 fully saturated rings. The number of methoxy groups -OCH3 is 2. The van der Waals surface area contributed by atoms with Crippen molar-refractivity contribution in [2.45, 2.75) is 0 Å². The Labute approximate surface area is 179 Å². The first-order chi connectivity index (χ1) is 15.0. The number of ether oxygens (including phenoxy) is 2. The number of carbonyl (C=O) groups excluding carboxylic acids is 2. The van der Waals surface area contributed by atoms with E-state index < -0.39 is 5.91 Å². The van der Waals surface area contributed by atoms with Crippen LogP contribution in [0.25, 0.3) is 0 Å². The molecule has 0 atom stereocenters. The molecule has 0 radical (unpaired) electrons. The molecule has 31 heavy (non-hydrogen) atoms. The molecule has 0 aliphatic carbocycles. The van der Waals surface area contributed by atoms with E-state index in [0.29, 0.717) is 28.4 Å². The number of hydrogen-bond acceptors (Lipinski definition) is 5. The van der Waals surface area contributed by atoms with Crippen LogP contribution in [0.4, 0.5) is 11.4 Å². The first-order valence-electron chi connectivity index (χ1n) is 9.35. The minimum absolute atomic E-state index is 0.224. The van der Waals surface area contributed by atoms with Crippen molar-refractivity contribution in [3.8, 4) is 11.5 Å². The molecule has 0 spiro atoms. The van der Waals surface area contributed by atoms with Gasteiger partial charge in [0.1, 0.15) is 11.5 Å². The fourth-order valence-corrected chi connectivity index (χ4v) is 2.77. The number of hydrogen-bond donors (Lipinski definition) is 4. The van der Waals surface area contributed by atoms with E-state index in [4.69, 9.17) is 14.9 Å². The monoisotopic (exact) mass is 418 g/mol. The fourth-order valence-electron chi connectivity index (χ4n) is 2.77. The Morgan fingerprint density at radius 1 is 0.710 bits per heavy atom. The van der Waals surface area contributed by atoms with E-state index in [9.17, 15) is 9.59 Å². The summed E-state index contributed by atoms with van der Waals surface area (Å²) in [5.74, 6) is -0.0358. The molecule has 0 saturated heterocycles. The van der Waals surface area contributed by atoms with Gasteiger partial charge in [-0.3, -0.25) is 20.3 Å². The van der Waals surface area contributed by atoms with Crippen LogP contribution in [0.3, 0.4) is 0 Å². The second-order valence-corrected chi connectivity index (χ2v) is 6.46. The van der Waals surface area contributed by atoms with Crippen LogP contribution in [0.2, 0.25) is 0 Å². The highest BCUT2D eigenvalue weighted by molar-refractivity contribution is 6.09. The smallest absolute Gasteiger partial charge is 0.258 e. The number of carbonyl (C=O) groups is 2. The van der Waals surface area contributed by atoms with Gasteiger partial charge < -0.3 is 20.1 Å². The summed E-state index contributed by atoms with van der Waals surface area (Å²) < 4.78 is 10.3. The molecular weight excluding hydrogens is 396 g/mol. The zero-order valence-corrected chi connectivity index (χ0v) is 17.1. The van der Waals surface area contributed by atoms with Crippen LogP contribution in [0.1, 0.15) is 20.7 Å². The molecule has 4 N–H and O–H groups in total. The summed E-state index contributed by atoms with van der Waals surface area (Å²) in [6.45, 7) is 0. The first-order valence-corrected chi connectivity index (χ1v) is 9.35. The number of benzene rings is 3. The van der Waals surface area contributed by atoms with Gasteiger partial charge >= 0.3 is 0 Å². The predicted molar refractivity (Wildman–Crippen MR) is 119 cm³/mol. The third kappa shape index (κ3) is 5.83. The topological polar surface area (TPSA) is 113 Å². The average Bonchev–Trinajstić information content (AvgIpc) is 2.79. The van der Waals surface area contributed by atoms with Gasteiger partial charge in [0.15, 0.2) is 5.96 Å². The zero-order valence-electron chi connectivity index (χ0n) is 17.1. The van der Waals surface area contributed by atoms with Crippen LogP contribution >= 0.6 is 0 Å². The molecule has 3 rings (SSSR count). The fraction of sp³-hybridized carbons (Fsp3) is 0.0870. The van der Waals surface area contributed by atoms with Crippen molar-refractivity contribution in [2.24, 2.45) is 0 Å². The van der Waals surface area contributed by atoms with Crippen LogP contribution in [-0.2, 0) is 0 Å². The van der Waals surface area contributed by atoms with Crippen molar-refractivity contribution in [3.05, 3.63) is 83.9 Å². The Kier molecular flexibility index (Phi) is 6.85. The molecule has 0 bridgehead atoms. The van der Waals surface area contributed by atoms with Gasteiger partial charge in [-0.25, -0.2) is 0 Å². The quantitative estimate of drug-likeness (QED) is 0.360. The lowest BCUT2D eigenvalue weighted by molar-refractivity contribution is 0.0974. The standard InChI is InChI=1S/C23H22N4O4/c1-30-19-11-16(12-20(14-19)31-2)22(29)27-23(24)26-18-10-6-9-17(13-18)25-21(28)15-7-4-3-5-8-15/h3-14H,1-2H3,(H,25,28)(H3,24,26,27,29). The van der Waals surface area contributed by atoms with Crippen LogP contribution in [0.5, 0.6) is 11.5 Å². The van der Waals surface area contributed by atoms with Crippen LogP contribution in [0, 0.1) is 5.41 Å². The second kappa shape index (κ2) is 9.93. The van der Waals surface area contributed by atoms with Crippen molar-refractivity contribution < 1.29 is 19.1 Å². The third-order valence-electron chi connectivity index (χ3n) is 4.28. The number of amides is 2. The normalized spacial score (nSPS) is 10.0. The number of guanidine groups is 1. The maximum atomic E-state index is 12.5. The molecule has 8 nitrogen and oxygen atoms in total. The summed E-state index contributed by atoms with van der Waals surface area (Å²) in [4.78, 5) is 24.8. The molecule has 0 aliphatic heterocycles. The lowest BCUT2D eigenvalue weighted by atomic mass is 10.2. The van der Waals surface area contributed by atoms with Crippen LogP contribution in [0.15, 0.2) is 72.8 Å². The van der Waals surface area contributed by atoms with Gasteiger partial charge in [-0.2, -0.15) is 0 Å². The van der Waals surface area contributed by atoms with Gasteiger partial charge in [-0.1, -0.05) is 24.3 Å². The number of anilines is 2. The summed E-state index contributed by atoms with van der Waals surface area (Å²) in [5.41, 5.74) is 1.90. The molecule has 2 amide bonds.